The highest BCUT2D eigenvalue weighted by atomic mass is 16.1. The molecule has 16 heavy (non-hydrogen) atoms. The number of aromatic nitrogens is 2. The molecule has 1 atom stereocenters. The highest BCUT2D eigenvalue weighted by molar-refractivity contribution is 5.99. The molecule has 4 heteroatoms. The zero-order valence-electron chi connectivity index (χ0n) is 9.99. The Morgan fingerprint density at radius 1 is 1.69 bits per heavy atom. The van der Waals surface area contributed by atoms with Gasteiger partial charge in [0.25, 0.3) is 0 Å². The lowest BCUT2D eigenvalue weighted by molar-refractivity contribution is 0.0827. The lowest BCUT2D eigenvalue weighted by Gasteiger charge is -2.21. The molecule has 0 aromatic carbocycles. The number of nitrogens with one attached hydrogen (secondary N) is 1. The van der Waals surface area contributed by atoms with Gasteiger partial charge >= 0.3 is 0 Å². The summed E-state index contributed by atoms with van der Waals surface area (Å²) in [5.74, 6) is 0.225. The van der Waals surface area contributed by atoms with E-state index in [2.05, 4.69) is 17.3 Å². The van der Waals surface area contributed by atoms with Crippen molar-refractivity contribution in [1.29, 1.82) is 0 Å². The van der Waals surface area contributed by atoms with E-state index in [4.69, 9.17) is 0 Å². The number of rotatable bonds is 4. The first-order valence-electron chi connectivity index (χ1n) is 5.95. The summed E-state index contributed by atoms with van der Waals surface area (Å²) < 4.78 is 1.83. The highest BCUT2D eigenvalue weighted by Gasteiger charge is 2.38. The zero-order chi connectivity index (χ0) is 11.6. The summed E-state index contributed by atoms with van der Waals surface area (Å²) in [7, 11) is 0. The van der Waals surface area contributed by atoms with Crippen molar-refractivity contribution in [1.82, 2.24) is 15.1 Å². The number of hydrogen-bond acceptors (Lipinski definition) is 3. The fourth-order valence-electron chi connectivity index (χ4n) is 2.24. The van der Waals surface area contributed by atoms with Crippen LogP contribution < -0.4 is 5.32 Å². The Labute approximate surface area is 96.0 Å². The van der Waals surface area contributed by atoms with E-state index >= 15 is 0 Å². The minimum atomic E-state index is -0.245. The number of nitrogens with zero attached hydrogens (tertiary/aromatic N) is 2. The summed E-state index contributed by atoms with van der Waals surface area (Å²) >= 11 is 0. The second-order valence-electron chi connectivity index (χ2n) is 4.76. The van der Waals surface area contributed by atoms with E-state index in [1.54, 1.807) is 6.20 Å². The lowest BCUT2D eigenvalue weighted by Crippen LogP contribution is -2.32. The number of carbonyl (C=O) groups excluding carboxylic acids is 1. The summed E-state index contributed by atoms with van der Waals surface area (Å²) in [6.45, 7) is 6.66. The van der Waals surface area contributed by atoms with Crippen molar-refractivity contribution in [3.63, 3.8) is 0 Å². The predicted molar refractivity (Wildman–Crippen MR) is 62.4 cm³/mol. The minimum absolute atomic E-state index is 0.225. The van der Waals surface area contributed by atoms with Gasteiger partial charge in [-0.25, -0.2) is 0 Å². The van der Waals surface area contributed by atoms with Crippen LogP contribution in [-0.4, -0.2) is 28.7 Å². The van der Waals surface area contributed by atoms with Gasteiger partial charge in [-0.1, -0.05) is 13.8 Å². The van der Waals surface area contributed by atoms with Gasteiger partial charge in [0.2, 0.25) is 0 Å². The zero-order valence-corrected chi connectivity index (χ0v) is 9.99. The molecule has 0 bridgehead atoms. The van der Waals surface area contributed by atoms with Gasteiger partial charge < -0.3 is 5.32 Å². The first-order valence-corrected chi connectivity index (χ1v) is 5.95. The topological polar surface area (TPSA) is 46.9 Å². The molecule has 1 aliphatic heterocycles. The summed E-state index contributed by atoms with van der Waals surface area (Å²) in [5.41, 5.74) is 0.513. The van der Waals surface area contributed by atoms with Gasteiger partial charge in [-0.15, -0.1) is 0 Å². The van der Waals surface area contributed by atoms with Crippen LogP contribution in [0.1, 0.15) is 37.2 Å². The van der Waals surface area contributed by atoms with E-state index < -0.39 is 0 Å². The molecule has 2 rings (SSSR count). The molecule has 1 saturated heterocycles. The molecule has 1 N–H and O–H groups in total. The molecule has 0 radical (unpaired) electrons. The van der Waals surface area contributed by atoms with E-state index in [0.717, 1.165) is 38.2 Å². The Morgan fingerprint density at radius 2 is 2.50 bits per heavy atom. The quantitative estimate of drug-likeness (QED) is 0.783. The molecule has 1 aromatic heterocycles. The van der Waals surface area contributed by atoms with Crippen molar-refractivity contribution in [3.05, 3.63) is 18.0 Å². The first kappa shape index (κ1) is 11.3. The van der Waals surface area contributed by atoms with Crippen molar-refractivity contribution >= 4 is 5.78 Å². The van der Waals surface area contributed by atoms with Crippen molar-refractivity contribution < 1.29 is 4.79 Å². The molecule has 0 amide bonds. The minimum Gasteiger partial charge on any atom is -0.316 e. The van der Waals surface area contributed by atoms with E-state index in [0.29, 0.717) is 0 Å². The molecule has 0 aliphatic carbocycles. The van der Waals surface area contributed by atoms with Gasteiger partial charge in [-0.3, -0.25) is 9.48 Å². The molecule has 1 fully saturated rings. The Hall–Kier alpha value is -1.16. The van der Waals surface area contributed by atoms with Gasteiger partial charge in [-0.2, -0.15) is 5.10 Å². The number of hydrogen-bond donors (Lipinski definition) is 1. The van der Waals surface area contributed by atoms with Crippen molar-refractivity contribution in [3.8, 4) is 0 Å². The van der Waals surface area contributed by atoms with Gasteiger partial charge in [0.1, 0.15) is 5.69 Å². The van der Waals surface area contributed by atoms with Crippen LogP contribution >= 0.6 is 0 Å². The van der Waals surface area contributed by atoms with Crippen LogP contribution in [0.3, 0.4) is 0 Å². The smallest absolute Gasteiger partial charge is 0.188 e. The summed E-state index contributed by atoms with van der Waals surface area (Å²) in [6, 6.07) is 1.83. The molecular weight excluding hydrogens is 202 g/mol. The van der Waals surface area contributed by atoms with Crippen molar-refractivity contribution in [2.45, 2.75) is 33.2 Å². The number of aryl methyl sites for hydroxylation is 1. The fraction of sp³-hybridized carbons (Fsp3) is 0.667. The Morgan fingerprint density at radius 3 is 3.12 bits per heavy atom. The second kappa shape index (κ2) is 4.37. The maximum absolute atomic E-state index is 12.4. The first-order chi connectivity index (χ1) is 7.67. The normalized spacial score (nSPS) is 24.9. The van der Waals surface area contributed by atoms with Crippen LogP contribution in [0.25, 0.3) is 0 Å². The molecule has 1 aliphatic rings. The summed E-state index contributed by atoms with van der Waals surface area (Å²) in [4.78, 5) is 12.4. The predicted octanol–water partition coefficient (Wildman–Crippen LogP) is 1.48. The van der Waals surface area contributed by atoms with Crippen LogP contribution in [0.2, 0.25) is 0 Å². The van der Waals surface area contributed by atoms with Gasteiger partial charge in [0, 0.05) is 24.7 Å². The molecule has 0 spiro atoms. The molecule has 4 nitrogen and oxygen atoms in total. The highest BCUT2D eigenvalue weighted by Crippen LogP contribution is 2.29. The van der Waals surface area contributed by atoms with E-state index in [1.807, 2.05) is 17.7 Å². The number of carbonyl (C=O) groups is 1. The lowest BCUT2D eigenvalue weighted by atomic mass is 9.83. The Kier molecular flexibility index (Phi) is 3.10. The molecular formula is C12H19N3O. The van der Waals surface area contributed by atoms with Gasteiger partial charge in [-0.05, 0) is 25.5 Å². The third-order valence-electron chi connectivity index (χ3n) is 3.30. The van der Waals surface area contributed by atoms with Crippen molar-refractivity contribution in [2.75, 3.05) is 13.1 Å². The summed E-state index contributed by atoms with van der Waals surface area (Å²) in [6.07, 6.45) is 3.63. The van der Waals surface area contributed by atoms with Crippen LogP contribution in [-0.2, 0) is 6.54 Å². The van der Waals surface area contributed by atoms with E-state index in [1.165, 1.54) is 0 Å². The average Bonchev–Trinajstić information content (AvgIpc) is 2.88. The molecule has 0 saturated carbocycles. The monoisotopic (exact) mass is 221 g/mol. The Balaban J connectivity index is 2.23. The fourth-order valence-corrected chi connectivity index (χ4v) is 2.24. The molecule has 1 unspecified atom stereocenters. The maximum Gasteiger partial charge on any atom is 0.188 e. The molecule has 1 aromatic rings. The van der Waals surface area contributed by atoms with E-state index in [9.17, 15) is 4.79 Å². The SMILES string of the molecule is CCCn1nccc1C(=O)C1(C)CCNC1. The molecule has 2 heterocycles. The van der Waals surface area contributed by atoms with Crippen LogP contribution in [0, 0.1) is 5.41 Å². The number of Topliss-reactive ketones (excluding diaryl/α,β-unsaturated/α-hetero) is 1. The van der Waals surface area contributed by atoms with E-state index in [-0.39, 0.29) is 11.2 Å². The van der Waals surface area contributed by atoms with Gasteiger partial charge in [0.05, 0.1) is 0 Å². The Bertz CT molecular complexity index is 377. The van der Waals surface area contributed by atoms with Gasteiger partial charge in [0.15, 0.2) is 5.78 Å². The maximum atomic E-state index is 12.4. The average molecular weight is 221 g/mol. The summed E-state index contributed by atoms with van der Waals surface area (Å²) in [5, 5.41) is 7.46. The second-order valence-corrected chi connectivity index (χ2v) is 4.76. The van der Waals surface area contributed by atoms with Crippen LogP contribution in [0.15, 0.2) is 12.3 Å². The van der Waals surface area contributed by atoms with Crippen molar-refractivity contribution in [2.24, 2.45) is 5.41 Å². The number of ketones is 1. The van der Waals surface area contributed by atoms with Crippen LogP contribution in [0.5, 0.6) is 0 Å². The largest absolute Gasteiger partial charge is 0.316 e. The standard InChI is InChI=1S/C12H19N3O/c1-3-8-15-10(4-6-14-15)11(16)12(2)5-7-13-9-12/h4,6,13H,3,5,7-9H2,1-2H3. The van der Waals surface area contributed by atoms with Crippen LogP contribution in [0.4, 0.5) is 0 Å². The molecule has 88 valence electrons. The third kappa shape index (κ3) is 1.89. The third-order valence-corrected chi connectivity index (χ3v) is 3.30.